The lowest BCUT2D eigenvalue weighted by atomic mass is 10.1. The molecule has 0 aliphatic carbocycles. The van der Waals surface area contributed by atoms with Crippen LogP contribution in [-0.4, -0.2) is 33.7 Å². The number of nitrogens with zero attached hydrogens (tertiary/aromatic N) is 4. The highest BCUT2D eigenvalue weighted by Gasteiger charge is 2.34. The Morgan fingerprint density at radius 3 is 2.49 bits per heavy atom. The second-order valence-electron chi connectivity index (χ2n) is 9.15. The molecule has 0 saturated heterocycles. The third kappa shape index (κ3) is 5.07. The van der Waals surface area contributed by atoms with E-state index in [1.165, 1.54) is 35.1 Å². The standard InChI is InChI=1S/C28H29BrN4O3S/c1-3-5-7-8-16-36-20-12-9-18(10-13-20)25-30-28-33(31-25)27(35)24(37-28)23-21-17-19(29)11-14-22(21)32(26(23)34)15-6-4-2/h9-14,17H,3-8,15-16H2,1-2H3. The number of anilines is 1. The number of ether oxygens (including phenoxy) is 1. The minimum atomic E-state index is -0.322. The molecule has 5 rings (SSSR count). The fourth-order valence-corrected chi connectivity index (χ4v) is 5.85. The molecule has 0 radical (unpaired) electrons. The number of rotatable bonds is 10. The van der Waals surface area contributed by atoms with Crippen LogP contribution in [0.4, 0.5) is 5.69 Å². The number of thiazole rings is 1. The van der Waals surface area contributed by atoms with E-state index in [0.29, 0.717) is 34.0 Å². The normalized spacial score (nSPS) is 14.6. The van der Waals surface area contributed by atoms with Gasteiger partial charge in [0, 0.05) is 22.1 Å². The Balaban J connectivity index is 1.45. The van der Waals surface area contributed by atoms with Gasteiger partial charge in [-0.2, -0.15) is 9.50 Å². The summed E-state index contributed by atoms with van der Waals surface area (Å²) >= 11 is 4.72. The van der Waals surface area contributed by atoms with Gasteiger partial charge >= 0.3 is 0 Å². The highest BCUT2D eigenvalue weighted by molar-refractivity contribution is 9.10. The van der Waals surface area contributed by atoms with Crippen LogP contribution >= 0.6 is 27.3 Å². The number of amides is 1. The zero-order valence-corrected chi connectivity index (χ0v) is 23.4. The van der Waals surface area contributed by atoms with Crippen molar-refractivity contribution in [2.75, 3.05) is 18.1 Å². The first kappa shape index (κ1) is 25.6. The first-order valence-electron chi connectivity index (χ1n) is 12.8. The molecule has 2 aromatic heterocycles. The van der Waals surface area contributed by atoms with Gasteiger partial charge in [0.25, 0.3) is 11.5 Å². The molecule has 0 fully saturated rings. The molecule has 3 heterocycles. The zero-order chi connectivity index (χ0) is 25.9. The van der Waals surface area contributed by atoms with Crippen molar-refractivity contribution in [2.24, 2.45) is 0 Å². The van der Waals surface area contributed by atoms with Crippen LogP contribution in [-0.2, 0) is 4.79 Å². The summed E-state index contributed by atoms with van der Waals surface area (Å²) in [4.78, 5) is 33.7. The molecule has 1 aliphatic heterocycles. The van der Waals surface area contributed by atoms with Gasteiger partial charge in [0.05, 0.1) is 17.9 Å². The first-order chi connectivity index (χ1) is 18.0. The summed E-state index contributed by atoms with van der Waals surface area (Å²) in [6.45, 7) is 5.60. The van der Waals surface area contributed by atoms with Crippen LogP contribution in [0.5, 0.6) is 5.75 Å². The summed E-state index contributed by atoms with van der Waals surface area (Å²) in [5, 5.41) is 4.48. The molecule has 9 heteroatoms. The predicted molar refractivity (Wildman–Crippen MR) is 151 cm³/mol. The van der Waals surface area contributed by atoms with Gasteiger partial charge in [-0.25, -0.2) is 0 Å². The Bertz CT molecular complexity index is 1540. The van der Waals surface area contributed by atoms with E-state index in [2.05, 4.69) is 39.9 Å². The monoisotopic (exact) mass is 580 g/mol. The van der Waals surface area contributed by atoms with E-state index in [1.54, 1.807) is 4.90 Å². The topological polar surface area (TPSA) is 76.8 Å². The molecule has 0 unspecified atom stereocenters. The van der Waals surface area contributed by atoms with Gasteiger partial charge in [-0.15, -0.1) is 5.10 Å². The van der Waals surface area contributed by atoms with Crippen LogP contribution in [0.2, 0.25) is 0 Å². The van der Waals surface area contributed by atoms with Crippen LogP contribution in [0.15, 0.2) is 51.7 Å². The van der Waals surface area contributed by atoms with E-state index < -0.39 is 0 Å². The SMILES string of the molecule is CCCCCCOc1ccc(-c2nc3sc(=C4C(=O)N(CCCC)c5ccc(Br)cc54)c(=O)n3n2)cc1. The van der Waals surface area contributed by atoms with E-state index >= 15 is 0 Å². The second kappa shape index (κ2) is 11.1. The van der Waals surface area contributed by atoms with Crippen molar-refractivity contribution in [3.63, 3.8) is 0 Å². The second-order valence-corrected chi connectivity index (χ2v) is 11.0. The molecule has 0 saturated carbocycles. The summed E-state index contributed by atoms with van der Waals surface area (Å²) in [5.74, 6) is 1.13. The minimum absolute atomic E-state index is 0.145. The van der Waals surface area contributed by atoms with Crippen molar-refractivity contribution in [1.29, 1.82) is 0 Å². The van der Waals surface area contributed by atoms with E-state index in [0.717, 1.165) is 46.3 Å². The molecule has 37 heavy (non-hydrogen) atoms. The van der Waals surface area contributed by atoms with Crippen molar-refractivity contribution in [3.8, 4) is 17.1 Å². The number of aromatic nitrogens is 3. The molecule has 1 amide bonds. The maximum absolute atomic E-state index is 13.5. The van der Waals surface area contributed by atoms with Gasteiger partial charge in [0.2, 0.25) is 4.96 Å². The van der Waals surface area contributed by atoms with E-state index in [-0.39, 0.29) is 11.5 Å². The van der Waals surface area contributed by atoms with E-state index in [4.69, 9.17) is 4.74 Å². The van der Waals surface area contributed by atoms with E-state index in [9.17, 15) is 9.59 Å². The number of benzene rings is 2. The fraction of sp³-hybridized carbons (Fsp3) is 0.357. The number of carbonyl (C=O) groups is 1. The Morgan fingerprint density at radius 1 is 0.973 bits per heavy atom. The quantitative estimate of drug-likeness (QED) is 0.228. The summed E-state index contributed by atoms with van der Waals surface area (Å²) in [6.07, 6.45) is 6.51. The van der Waals surface area contributed by atoms with Crippen molar-refractivity contribution in [1.82, 2.24) is 14.6 Å². The van der Waals surface area contributed by atoms with Gasteiger partial charge in [-0.3, -0.25) is 9.59 Å². The number of unbranched alkanes of at least 4 members (excludes halogenated alkanes) is 4. The third-order valence-corrected chi connectivity index (χ3v) is 8.00. The van der Waals surface area contributed by atoms with Crippen molar-refractivity contribution in [3.05, 3.63) is 67.4 Å². The van der Waals surface area contributed by atoms with Crippen molar-refractivity contribution >= 4 is 49.4 Å². The largest absolute Gasteiger partial charge is 0.494 e. The lowest BCUT2D eigenvalue weighted by molar-refractivity contribution is -0.113. The average molecular weight is 582 g/mol. The number of hydrogen-bond donors (Lipinski definition) is 0. The maximum Gasteiger partial charge on any atom is 0.291 e. The zero-order valence-electron chi connectivity index (χ0n) is 21.0. The van der Waals surface area contributed by atoms with Crippen LogP contribution in [0.25, 0.3) is 21.9 Å². The summed E-state index contributed by atoms with van der Waals surface area (Å²) in [7, 11) is 0. The fourth-order valence-electron chi connectivity index (χ4n) is 4.49. The van der Waals surface area contributed by atoms with Crippen LogP contribution in [0.3, 0.4) is 0 Å². The molecule has 1 aliphatic rings. The van der Waals surface area contributed by atoms with Gasteiger partial charge in [0.1, 0.15) is 10.3 Å². The van der Waals surface area contributed by atoms with Crippen molar-refractivity contribution in [2.45, 2.75) is 52.4 Å². The molecule has 2 aromatic carbocycles. The molecule has 0 N–H and O–H groups in total. The molecule has 0 spiro atoms. The Hall–Kier alpha value is -3.04. The molecule has 4 aromatic rings. The Morgan fingerprint density at radius 2 is 1.76 bits per heavy atom. The molecule has 0 bridgehead atoms. The Labute approximate surface area is 227 Å². The molecule has 192 valence electrons. The Kier molecular flexibility index (Phi) is 7.71. The predicted octanol–water partition coefficient (Wildman–Crippen LogP) is 5.60. The highest BCUT2D eigenvalue weighted by Crippen LogP contribution is 2.37. The first-order valence-corrected chi connectivity index (χ1v) is 14.4. The minimum Gasteiger partial charge on any atom is -0.494 e. The maximum atomic E-state index is 13.5. The number of hydrogen-bond acceptors (Lipinski definition) is 6. The molecule has 0 atom stereocenters. The summed E-state index contributed by atoms with van der Waals surface area (Å²) < 4.78 is 8.36. The van der Waals surface area contributed by atoms with Crippen LogP contribution in [0, 0.1) is 0 Å². The smallest absolute Gasteiger partial charge is 0.291 e. The number of fused-ring (bicyclic) bond motifs is 2. The van der Waals surface area contributed by atoms with Gasteiger partial charge < -0.3 is 9.64 Å². The molecule has 7 nitrogen and oxygen atoms in total. The van der Waals surface area contributed by atoms with Gasteiger partial charge in [0.15, 0.2) is 5.82 Å². The summed E-state index contributed by atoms with van der Waals surface area (Å²) in [6, 6.07) is 13.4. The summed E-state index contributed by atoms with van der Waals surface area (Å²) in [5.41, 5.74) is 2.51. The van der Waals surface area contributed by atoms with Crippen LogP contribution < -0.4 is 19.7 Å². The van der Waals surface area contributed by atoms with E-state index in [1.807, 2.05) is 42.5 Å². The lowest BCUT2D eigenvalue weighted by Crippen LogP contribution is -2.33. The third-order valence-electron chi connectivity index (χ3n) is 6.48. The van der Waals surface area contributed by atoms with Gasteiger partial charge in [-0.1, -0.05) is 66.8 Å². The highest BCUT2D eigenvalue weighted by atomic mass is 79.9. The average Bonchev–Trinajstić information content (AvgIpc) is 3.53. The van der Waals surface area contributed by atoms with Crippen molar-refractivity contribution < 1.29 is 9.53 Å². The molecular formula is C28H29BrN4O3S. The lowest BCUT2D eigenvalue weighted by Gasteiger charge is -2.16. The van der Waals surface area contributed by atoms with Gasteiger partial charge in [-0.05, 0) is 55.3 Å². The van der Waals surface area contributed by atoms with Crippen LogP contribution in [0.1, 0.15) is 57.9 Å². The number of halogens is 1. The molecular weight excluding hydrogens is 552 g/mol. The number of carbonyl (C=O) groups excluding carboxylic acids is 1.